The number of carbonyl (C=O) groups is 1. The number of rotatable bonds is 3. The number of pyridine rings is 1. The van der Waals surface area contributed by atoms with Crippen molar-refractivity contribution in [1.82, 2.24) is 9.97 Å². The van der Waals surface area contributed by atoms with Crippen LogP contribution in [0.15, 0.2) is 23.8 Å². The molecule has 0 aliphatic carbocycles. The lowest BCUT2D eigenvalue weighted by Gasteiger charge is -2.03. The second-order valence-corrected chi connectivity index (χ2v) is 3.92. The summed E-state index contributed by atoms with van der Waals surface area (Å²) < 4.78 is 5.27. The Bertz CT molecular complexity index is 529. The molecular formula is C9H5ClN2O3S. The molecule has 2 rings (SSSR count). The Morgan fingerprint density at radius 1 is 1.56 bits per heavy atom. The number of aromatic carboxylic acids is 1. The molecule has 82 valence electrons. The first-order valence-corrected chi connectivity index (χ1v) is 5.39. The zero-order chi connectivity index (χ0) is 11.5. The summed E-state index contributed by atoms with van der Waals surface area (Å²) in [5, 5.41) is 11.1. The van der Waals surface area contributed by atoms with Gasteiger partial charge in [-0.15, -0.1) is 0 Å². The molecule has 0 radical (unpaired) electrons. The smallest absolute Gasteiger partial charge is 0.339 e. The number of carboxylic acid groups (broad SMARTS) is 1. The van der Waals surface area contributed by atoms with E-state index in [0.29, 0.717) is 5.15 Å². The third-order valence-corrected chi connectivity index (χ3v) is 2.71. The maximum absolute atomic E-state index is 10.9. The summed E-state index contributed by atoms with van der Waals surface area (Å²) >= 11 is 6.80. The fourth-order valence-electron chi connectivity index (χ4n) is 1.02. The fraction of sp³-hybridized carbons (Fsp3) is 0. The minimum atomic E-state index is -1.08. The summed E-state index contributed by atoms with van der Waals surface area (Å²) in [6, 6.07) is 1.35. The van der Waals surface area contributed by atoms with Crippen LogP contribution >= 0.6 is 22.9 Å². The topological polar surface area (TPSA) is 72.3 Å². The summed E-state index contributed by atoms with van der Waals surface area (Å²) in [5.74, 6) is -0.943. The number of hydrogen-bond acceptors (Lipinski definition) is 5. The van der Waals surface area contributed by atoms with Gasteiger partial charge in [-0.25, -0.2) is 4.79 Å². The molecule has 0 amide bonds. The average Bonchev–Trinajstić information content (AvgIpc) is 2.64. The number of thiazole rings is 1. The van der Waals surface area contributed by atoms with Crippen LogP contribution in [0.2, 0.25) is 5.15 Å². The molecule has 0 fully saturated rings. The third kappa shape index (κ3) is 2.29. The maximum Gasteiger partial charge on any atom is 0.339 e. The first kappa shape index (κ1) is 10.8. The van der Waals surface area contributed by atoms with Crippen LogP contribution in [-0.2, 0) is 0 Å². The highest BCUT2D eigenvalue weighted by Crippen LogP contribution is 2.28. The van der Waals surface area contributed by atoms with Crippen molar-refractivity contribution in [3.8, 4) is 10.9 Å². The van der Waals surface area contributed by atoms with Crippen LogP contribution in [-0.4, -0.2) is 21.0 Å². The minimum Gasteiger partial charge on any atom is -0.478 e. The second-order valence-electron chi connectivity index (χ2n) is 2.72. The van der Waals surface area contributed by atoms with Gasteiger partial charge in [-0.2, -0.15) is 4.98 Å². The molecule has 0 bridgehead atoms. The SMILES string of the molecule is O=C(O)c1ccncc1Oc1nc(Cl)cs1. The summed E-state index contributed by atoms with van der Waals surface area (Å²) in [4.78, 5) is 18.5. The molecule has 0 atom stereocenters. The van der Waals surface area contributed by atoms with E-state index < -0.39 is 5.97 Å². The first-order valence-electron chi connectivity index (χ1n) is 4.13. The van der Waals surface area contributed by atoms with Gasteiger partial charge < -0.3 is 9.84 Å². The molecule has 1 N–H and O–H groups in total. The van der Waals surface area contributed by atoms with E-state index in [9.17, 15) is 4.79 Å². The van der Waals surface area contributed by atoms with Crippen molar-refractivity contribution in [2.24, 2.45) is 0 Å². The summed E-state index contributed by atoms with van der Waals surface area (Å²) in [6.07, 6.45) is 2.70. The molecule has 0 aliphatic heterocycles. The summed E-state index contributed by atoms with van der Waals surface area (Å²) in [5.41, 5.74) is 0.0290. The fourth-order valence-corrected chi connectivity index (χ4v) is 1.82. The highest BCUT2D eigenvalue weighted by atomic mass is 35.5. The van der Waals surface area contributed by atoms with Crippen molar-refractivity contribution in [1.29, 1.82) is 0 Å². The van der Waals surface area contributed by atoms with Gasteiger partial charge in [0.2, 0.25) is 0 Å². The van der Waals surface area contributed by atoms with Crippen LogP contribution in [0.1, 0.15) is 10.4 Å². The average molecular weight is 257 g/mol. The van der Waals surface area contributed by atoms with Crippen molar-refractivity contribution >= 4 is 28.9 Å². The highest BCUT2D eigenvalue weighted by Gasteiger charge is 2.13. The summed E-state index contributed by atoms with van der Waals surface area (Å²) in [6.45, 7) is 0. The number of aromatic nitrogens is 2. The highest BCUT2D eigenvalue weighted by molar-refractivity contribution is 7.11. The monoisotopic (exact) mass is 256 g/mol. The summed E-state index contributed by atoms with van der Waals surface area (Å²) in [7, 11) is 0. The van der Waals surface area contributed by atoms with Crippen LogP contribution in [0.5, 0.6) is 10.9 Å². The molecule has 2 heterocycles. The lowest BCUT2D eigenvalue weighted by Crippen LogP contribution is -2.00. The molecule has 0 aromatic carbocycles. The molecule has 7 heteroatoms. The number of hydrogen-bond donors (Lipinski definition) is 1. The first-order chi connectivity index (χ1) is 7.66. The van der Waals surface area contributed by atoms with E-state index in [4.69, 9.17) is 21.4 Å². The van der Waals surface area contributed by atoms with Crippen molar-refractivity contribution in [3.63, 3.8) is 0 Å². The number of nitrogens with zero attached hydrogens (tertiary/aromatic N) is 2. The molecule has 16 heavy (non-hydrogen) atoms. The van der Waals surface area contributed by atoms with Gasteiger partial charge in [-0.3, -0.25) is 4.98 Å². The Labute approximate surface area is 99.3 Å². The molecule has 0 unspecified atom stereocenters. The number of halogens is 1. The van der Waals surface area contributed by atoms with Crippen LogP contribution in [0.3, 0.4) is 0 Å². The maximum atomic E-state index is 10.9. The quantitative estimate of drug-likeness (QED) is 0.914. The lowest BCUT2D eigenvalue weighted by atomic mass is 10.2. The molecule has 0 spiro atoms. The normalized spacial score (nSPS) is 10.1. The Morgan fingerprint density at radius 2 is 2.38 bits per heavy atom. The van der Waals surface area contributed by atoms with Crippen molar-refractivity contribution in [2.75, 3.05) is 0 Å². The van der Waals surface area contributed by atoms with E-state index in [1.54, 1.807) is 5.38 Å². The van der Waals surface area contributed by atoms with E-state index >= 15 is 0 Å². The molecule has 0 aliphatic rings. The van der Waals surface area contributed by atoms with Crippen molar-refractivity contribution in [3.05, 3.63) is 34.6 Å². The van der Waals surface area contributed by atoms with E-state index in [0.717, 1.165) is 0 Å². The van der Waals surface area contributed by atoms with Crippen LogP contribution < -0.4 is 4.74 Å². The Hall–Kier alpha value is -1.66. The van der Waals surface area contributed by atoms with Gasteiger partial charge in [0.1, 0.15) is 10.7 Å². The van der Waals surface area contributed by atoms with Crippen LogP contribution in [0, 0.1) is 0 Å². The predicted octanol–water partition coefficient (Wildman–Crippen LogP) is 2.68. The van der Waals surface area contributed by atoms with Gasteiger partial charge in [0.05, 0.1) is 6.20 Å². The van der Waals surface area contributed by atoms with Gasteiger partial charge in [-0.1, -0.05) is 22.9 Å². The molecule has 0 saturated heterocycles. The third-order valence-electron chi connectivity index (χ3n) is 1.67. The zero-order valence-electron chi connectivity index (χ0n) is 7.75. The van der Waals surface area contributed by atoms with E-state index in [1.165, 1.54) is 29.8 Å². The molecule has 2 aromatic heterocycles. The Morgan fingerprint density at radius 3 is 3.00 bits per heavy atom. The Balaban J connectivity index is 2.31. The van der Waals surface area contributed by atoms with Gasteiger partial charge in [-0.05, 0) is 6.07 Å². The molecular weight excluding hydrogens is 252 g/mol. The van der Waals surface area contributed by atoms with Gasteiger partial charge in [0, 0.05) is 11.6 Å². The van der Waals surface area contributed by atoms with Crippen molar-refractivity contribution in [2.45, 2.75) is 0 Å². The van der Waals surface area contributed by atoms with Gasteiger partial charge >= 0.3 is 5.97 Å². The molecule has 0 saturated carbocycles. The van der Waals surface area contributed by atoms with Gasteiger partial charge in [0.15, 0.2) is 5.75 Å². The Kier molecular flexibility index (Phi) is 3.02. The van der Waals surface area contributed by atoms with Crippen LogP contribution in [0.4, 0.5) is 0 Å². The zero-order valence-corrected chi connectivity index (χ0v) is 9.33. The van der Waals surface area contributed by atoms with Crippen LogP contribution in [0.25, 0.3) is 0 Å². The lowest BCUT2D eigenvalue weighted by molar-refractivity contribution is 0.0694. The largest absolute Gasteiger partial charge is 0.478 e. The van der Waals surface area contributed by atoms with Gasteiger partial charge in [0.25, 0.3) is 5.19 Å². The minimum absolute atomic E-state index is 0.0290. The predicted molar refractivity (Wildman–Crippen MR) is 58.4 cm³/mol. The molecule has 2 aromatic rings. The van der Waals surface area contributed by atoms with Crippen molar-refractivity contribution < 1.29 is 14.6 Å². The van der Waals surface area contributed by atoms with E-state index in [2.05, 4.69) is 9.97 Å². The second kappa shape index (κ2) is 4.46. The standard InChI is InChI=1S/C9H5ClN2O3S/c10-7-4-16-9(12-7)15-6-3-11-2-1-5(6)8(13)14/h1-4H,(H,13,14). The van der Waals surface area contributed by atoms with E-state index in [-0.39, 0.29) is 16.5 Å². The number of carboxylic acids is 1. The number of ether oxygens (including phenoxy) is 1. The molecule has 5 nitrogen and oxygen atoms in total. The van der Waals surface area contributed by atoms with E-state index in [1.807, 2.05) is 0 Å².